The van der Waals surface area contributed by atoms with Gasteiger partial charge < -0.3 is 9.84 Å². The van der Waals surface area contributed by atoms with Gasteiger partial charge in [-0.25, -0.2) is 4.79 Å². The number of aromatic carboxylic acids is 1. The predicted octanol–water partition coefficient (Wildman–Crippen LogP) is 2.20. The normalized spacial score (nSPS) is 12.1. The van der Waals surface area contributed by atoms with Gasteiger partial charge in [-0.15, -0.1) is 0 Å². The quantitative estimate of drug-likeness (QED) is 0.807. The van der Waals surface area contributed by atoms with Crippen LogP contribution in [0, 0.1) is 5.92 Å². The number of rotatable bonds is 5. The molecule has 1 atom stereocenters. The van der Waals surface area contributed by atoms with E-state index in [1.807, 2.05) is 0 Å². The van der Waals surface area contributed by atoms with Crippen LogP contribution in [-0.4, -0.2) is 22.7 Å². The lowest BCUT2D eigenvalue weighted by molar-refractivity contribution is 0.0691. The highest BCUT2D eigenvalue weighted by Gasteiger charge is 2.11. The molecule has 4 nitrogen and oxygen atoms in total. The van der Waals surface area contributed by atoms with Crippen molar-refractivity contribution in [3.05, 3.63) is 24.0 Å². The van der Waals surface area contributed by atoms with Crippen LogP contribution in [0.15, 0.2) is 18.5 Å². The molecular formula is C11H15NO3. The summed E-state index contributed by atoms with van der Waals surface area (Å²) in [5.74, 6) is -0.208. The van der Waals surface area contributed by atoms with E-state index in [2.05, 4.69) is 18.8 Å². The van der Waals surface area contributed by atoms with E-state index in [-0.39, 0.29) is 5.56 Å². The fraction of sp³-hybridized carbons (Fsp3) is 0.455. The second-order valence-electron chi connectivity index (χ2n) is 3.50. The minimum atomic E-state index is -1.01. The van der Waals surface area contributed by atoms with Crippen LogP contribution in [0.2, 0.25) is 0 Å². The van der Waals surface area contributed by atoms with Gasteiger partial charge in [-0.3, -0.25) is 4.98 Å². The number of nitrogens with zero attached hydrogens (tertiary/aromatic N) is 1. The minimum absolute atomic E-state index is 0.112. The summed E-state index contributed by atoms with van der Waals surface area (Å²) >= 11 is 0. The number of pyridine rings is 1. The number of carboxylic acid groups (broad SMARTS) is 1. The minimum Gasteiger partial charge on any atom is -0.492 e. The number of hydrogen-bond donors (Lipinski definition) is 1. The molecule has 4 heteroatoms. The van der Waals surface area contributed by atoms with E-state index < -0.39 is 5.97 Å². The van der Waals surface area contributed by atoms with Crippen molar-refractivity contribution >= 4 is 5.97 Å². The molecule has 1 N–H and O–H groups in total. The smallest absolute Gasteiger partial charge is 0.341 e. The third-order valence-corrected chi connectivity index (χ3v) is 2.23. The Balaban J connectivity index is 2.72. The maximum atomic E-state index is 10.8. The molecule has 0 saturated heterocycles. The zero-order valence-corrected chi connectivity index (χ0v) is 8.93. The molecule has 1 unspecified atom stereocenters. The molecule has 0 spiro atoms. The maximum absolute atomic E-state index is 10.8. The van der Waals surface area contributed by atoms with Gasteiger partial charge in [0.15, 0.2) is 0 Å². The average molecular weight is 209 g/mol. The molecule has 1 aromatic rings. The Morgan fingerprint density at radius 2 is 2.40 bits per heavy atom. The van der Waals surface area contributed by atoms with Gasteiger partial charge in [0.25, 0.3) is 0 Å². The van der Waals surface area contributed by atoms with Gasteiger partial charge in [-0.1, -0.05) is 20.3 Å². The number of carboxylic acids is 1. The van der Waals surface area contributed by atoms with Crippen molar-refractivity contribution in [3.8, 4) is 5.75 Å². The summed E-state index contributed by atoms with van der Waals surface area (Å²) in [6.45, 7) is 4.65. The molecule has 0 aliphatic rings. The SMILES string of the molecule is CCC(C)COc1ccncc1C(=O)O. The van der Waals surface area contributed by atoms with Crippen molar-refractivity contribution in [3.63, 3.8) is 0 Å². The molecule has 0 fully saturated rings. The Labute approximate surface area is 88.9 Å². The monoisotopic (exact) mass is 209 g/mol. The van der Waals surface area contributed by atoms with E-state index in [4.69, 9.17) is 9.84 Å². The highest BCUT2D eigenvalue weighted by atomic mass is 16.5. The summed E-state index contributed by atoms with van der Waals surface area (Å²) in [5.41, 5.74) is 0.112. The van der Waals surface area contributed by atoms with Crippen molar-refractivity contribution in [1.29, 1.82) is 0 Å². The Bertz CT molecular complexity index is 338. The molecular weight excluding hydrogens is 194 g/mol. The summed E-state index contributed by atoms with van der Waals surface area (Å²) in [4.78, 5) is 14.6. The van der Waals surface area contributed by atoms with E-state index in [1.165, 1.54) is 12.4 Å². The van der Waals surface area contributed by atoms with Gasteiger partial charge in [0, 0.05) is 12.4 Å². The Hall–Kier alpha value is -1.58. The van der Waals surface area contributed by atoms with E-state index in [1.54, 1.807) is 6.07 Å². The summed E-state index contributed by atoms with van der Waals surface area (Å²) in [7, 11) is 0. The van der Waals surface area contributed by atoms with Crippen LogP contribution < -0.4 is 4.74 Å². The van der Waals surface area contributed by atoms with Crippen LogP contribution >= 0.6 is 0 Å². The van der Waals surface area contributed by atoms with Crippen LogP contribution in [0.5, 0.6) is 5.75 Å². The first-order chi connectivity index (χ1) is 7.15. The molecule has 1 aromatic heterocycles. The molecule has 1 heterocycles. The summed E-state index contributed by atoms with van der Waals surface area (Å²) in [6.07, 6.45) is 3.83. The first-order valence-corrected chi connectivity index (χ1v) is 4.95. The summed E-state index contributed by atoms with van der Waals surface area (Å²) in [5, 5.41) is 8.87. The largest absolute Gasteiger partial charge is 0.492 e. The van der Waals surface area contributed by atoms with Crippen LogP contribution in [0.25, 0.3) is 0 Å². The van der Waals surface area contributed by atoms with Gasteiger partial charge in [-0.2, -0.15) is 0 Å². The van der Waals surface area contributed by atoms with Crippen LogP contribution in [0.4, 0.5) is 0 Å². The molecule has 0 bridgehead atoms. The van der Waals surface area contributed by atoms with Gasteiger partial charge in [0.2, 0.25) is 0 Å². The summed E-state index contributed by atoms with van der Waals surface area (Å²) in [6, 6.07) is 1.58. The second kappa shape index (κ2) is 5.34. The first-order valence-electron chi connectivity index (χ1n) is 4.95. The Kier molecular flexibility index (Phi) is 4.09. The topological polar surface area (TPSA) is 59.4 Å². The lowest BCUT2D eigenvalue weighted by Crippen LogP contribution is -2.10. The van der Waals surface area contributed by atoms with E-state index in [0.29, 0.717) is 18.3 Å². The standard InChI is InChI=1S/C11H15NO3/c1-3-8(2)7-15-10-4-5-12-6-9(10)11(13)14/h4-6,8H,3,7H2,1-2H3,(H,13,14). The van der Waals surface area contributed by atoms with E-state index in [0.717, 1.165) is 6.42 Å². The number of carbonyl (C=O) groups is 1. The van der Waals surface area contributed by atoms with Crippen molar-refractivity contribution < 1.29 is 14.6 Å². The van der Waals surface area contributed by atoms with Crippen molar-refractivity contribution in [2.45, 2.75) is 20.3 Å². The van der Waals surface area contributed by atoms with Gasteiger partial charge in [0.05, 0.1) is 6.61 Å². The highest BCUT2D eigenvalue weighted by molar-refractivity contribution is 5.90. The molecule has 15 heavy (non-hydrogen) atoms. The molecule has 0 amide bonds. The van der Waals surface area contributed by atoms with Gasteiger partial charge in [0.1, 0.15) is 11.3 Å². The highest BCUT2D eigenvalue weighted by Crippen LogP contribution is 2.17. The number of hydrogen-bond acceptors (Lipinski definition) is 3. The summed E-state index contributed by atoms with van der Waals surface area (Å²) < 4.78 is 5.43. The Morgan fingerprint density at radius 1 is 1.67 bits per heavy atom. The molecule has 82 valence electrons. The first kappa shape index (κ1) is 11.5. The molecule has 0 aromatic carbocycles. The molecule has 1 rings (SSSR count). The number of aromatic nitrogens is 1. The van der Waals surface area contributed by atoms with E-state index in [9.17, 15) is 4.79 Å². The molecule has 0 aliphatic carbocycles. The van der Waals surface area contributed by atoms with Crippen molar-refractivity contribution in [2.24, 2.45) is 5.92 Å². The fourth-order valence-electron chi connectivity index (χ4n) is 1.02. The van der Waals surface area contributed by atoms with Crippen LogP contribution in [-0.2, 0) is 0 Å². The van der Waals surface area contributed by atoms with Crippen molar-refractivity contribution in [2.75, 3.05) is 6.61 Å². The van der Waals surface area contributed by atoms with Crippen molar-refractivity contribution in [1.82, 2.24) is 4.98 Å². The predicted molar refractivity (Wildman–Crippen MR) is 56.1 cm³/mol. The molecule has 0 saturated carbocycles. The van der Waals surface area contributed by atoms with Gasteiger partial charge >= 0.3 is 5.97 Å². The van der Waals surface area contributed by atoms with E-state index >= 15 is 0 Å². The molecule has 0 radical (unpaired) electrons. The fourth-order valence-corrected chi connectivity index (χ4v) is 1.02. The van der Waals surface area contributed by atoms with Crippen LogP contribution in [0.1, 0.15) is 30.6 Å². The van der Waals surface area contributed by atoms with Crippen LogP contribution in [0.3, 0.4) is 0 Å². The third kappa shape index (κ3) is 3.23. The Morgan fingerprint density at radius 3 is 3.00 bits per heavy atom. The zero-order valence-electron chi connectivity index (χ0n) is 8.93. The lowest BCUT2D eigenvalue weighted by Gasteiger charge is -2.12. The second-order valence-corrected chi connectivity index (χ2v) is 3.50. The lowest BCUT2D eigenvalue weighted by atomic mass is 10.1. The maximum Gasteiger partial charge on any atom is 0.341 e. The number of ether oxygens (including phenoxy) is 1. The average Bonchev–Trinajstić information content (AvgIpc) is 2.26. The third-order valence-electron chi connectivity index (χ3n) is 2.23. The zero-order chi connectivity index (χ0) is 11.3. The van der Waals surface area contributed by atoms with Gasteiger partial charge in [-0.05, 0) is 12.0 Å². The molecule has 0 aliphatic heterocycles.